The Kier molecular flexibility index (Phi) is 7.11. The van der Waals surface area contributed by atoms with Crippen LogP contribution in [0.15, 0.2) is 35.3 Å². The van der Waals surface area contributed by atoms with E-state index in [2.05, 4.69) is 39.5 Å². The van der Waals surface area contributed by atoms with E-state index in [0.717, 1.165) is 31.9 Å². The summed E-state index contributed by atoms with van der Waals surface area (Å²) in [6.07, 6.45) is -2.01. The van der Waals surface area contributed by atoms with E-state index in [1.807, 2.05) is 6.07 Å². The van der Waals surface area contributed by atoms with Crippen molar-refractivity contribution in [2.45, 2.75) is 19.0 Å². The lowest BCUT2D eigenvalue weighted by molar-refractivity contribution is -0.142. The van der Waals surface area contributed by atoms with Crippen molar-refractivity contribution in [2.24, 2.45) is 10.9 Å². The van der Waals surface area contributed by atoms with Crippen LogP contribution in [0.3, 0.4) is 0 Å². The lowest BCUT2D eigenvalue weighted by Gasteiger charge is -2.24. The second-order valence-electron chi connectivity index (χ2n) is 6.62. The van der Waals surface area contributed by atoms with Gasteiger partial charge in [0, 0.05) is 33.2 Å². The largest absolute Gasteiger partial charge is 0.401 e. The highest BCUT2D eigenvalue weighted by atomic mass is 19.4. The molecule has 0 aliphatic carbocycles. The van der Waals surface area contributed by atoms with Crippen LogP contribution in [0, 0.1) is 5.92 Å². The van der Waals surface area contributed by atoms with Crippen LogP contribution in [0.4, 0.5) is 13.2 Å². The molecule has 1 atom stereocenters. The fourth-order valence-corrected chi connectivity index (χ4v) is 3.22. The minimum atomic E-state index is -4.16. The second kappa shape index (κ2) is 9.08. The maximum atomic E-state index is 12.3. The number of halogens is 3. The molecular formula is C18H27F3N4. The van der Waals surface area contributed by atoms with E-state index in [4.69, 9.17) is 0 Å². The Hall–Kier alpha value is -1.76. The molecule has 4 nitrogen and oxygen atoms in total. The SMILES string of the molecule is CN=C(NCCN(C)CC(F)(F)F)N1CCC(Cc2ccccc2)C1. The summed E-state index contributed by atoms with van der Waals surface area (Å²) in [5.41, 5.74) is 1.34. The number of likely N-dealkylation sites (tertiary alicyclic amines) is 1. The molecule has 1 unspecified atom stereocenters. The van der Waals surface area contributed by atoms with Crippen molar-refractivity contribution in [3.8, 4) is 0 Å². The third-order valence-electron chi connectivity index (χ3n) is 4.39. The molecule has 0 saturated carbocycles. The maximum absolute atomic E-state index is 12.3. The number of nitrogens with one attached hydrogen (secondary N) is 1. The van der Waals surface area contributed by atoms with Gasteiger partial charge in [0.2, 0.25) is 0 Å². The number of guanidine groups is 1. The first-order chi connectivity index (χ1) is 11.9. The van der Waals surface area contributed by atoms with E-state index >= 15 is 0 Å². The monoisotopic (exact) mass is 356 g/mol. The van der Waals surface area contributed by atoms with Crippen LogP contribution >= 0.6 is 0 Å². The average Bonchev–Trinajstić information content (AvgIpc) is 2.99. The Balaban J connectivity index is 1.74. The zero-order valence-electron chi connectivity index (χ0n) is 14.9. The summed E-state index contributed by atoms with van der Waals surface area (Å²) < 4.78 is 37.0. The summed E-state index contributed by atoms with van der Waals surface area (Å²) in [6.45, 7) is 1.72. The summed E-state index contributed by atoms with van der Waals surface area (Å²) in [5.74, 6) is 1.35. The minimum Gasteiger partial charge on any atom is -0.355 e. The third kappa shape index (κ3) is 6.94. The first kappa shape index (κ1) is 19.6. The molecule has 1 aromatic rings. The fraction of sp³-hybridized carbons (Fsp3) is 0.611. The first-order valence-electron chi connectivity index (χ1n) is 8.62. The highest BCUT2D eigenvalue weighted by Gasteiger charge is 2.29. The van der Waals surface area contributed by atoms with Crippen LogP contribution < -0.4 is 5.32 Å². The Morgan fingerprint density at radius 3 is 2.68 bits per heavy atom. The van der Waals surface area contributed by atoms with E-state index in [1.165, 1.54) is 17.5 Å². The van der Waals surface area contributed by atoms with Crippen LogP contribution in [0.25, 0.3) is 0 Å². The zero-order chi connectivity index (χ0) is 18.3. The molecule has 1 aromatic carbocycles. The molecule has 0 amide bonds. The molecule has 7 heteroatoms. The molecule has 0 bridgehead atoms. The van der Waals surface area contributed by atoms with Gasteiger partial charge in [0.15, 0.2) is 5.96 Å². The van der Waals surface area contributed by atoms with Gasteiger partial charge in [-0.2, -0.15) is 13.2 Å². The topological polar surface area (TPSA) is 30.9 Å². The van der Waals surface area contributed by atoms with Crippen molar-refractivity contribution in [2.75, 3.05) is 46.8 Å². The smallest absolute Gasteiger partial charge is 0.355 e. The van der Waals surface area contributed by atoms with E-state index in [-0.39, 0.29) is 0 Å². The quantitative estimate of drug-likeness (QED) is 0.628. The number of hydrogen-bond donors (Lipinski definition) is 1. The molecule has 0 radical (unpaired) electrons. The molecule has 2 rings (SSSR count). The van der Waals surface area contributed by atoms with Gasteiger partial charge in [0.05, 0.1) is 6.54 Å². The van der Waals surface area contributed by atoms with Crippen LogP contribution in [0.2, 0.25) is 0 Å². The summed E-state index contributed by atoms with van der Waals surface area (Å²) in [5, 5.41) is 3.18. The van der Waals surface area contributed by atoms with Crippen LogP contribution in [-0.4, -0.2) is 68.8 Å². The maximum Gasteiger partial charge on any atom is 0.401 e. The normalized spacial score (nSPS) is 18.9. The van der Waals surface area contributed by atoms with Crippen molar-refractivity contribution in [3.63, 3.8) is 0 Å². The number of rotatable bonds is 6. The van der Waals surface area contributed by atoms with Crippen LogP contribution in [0.1, 0.15) is 12.0 Å². The van der Waals surface area contributed by atoms with Gasteiger partial charge >= 0.3 is 6.18 Å². The molecule has 0 spiro atoms. The summed E-state index contributed by atoms with van der Waals surface area (Å²) in [7, 11) is 3.19. The van der Waals surface area contributed by atoms with Gasteiger partial charge in [0.25, 0.3) is 0 Å². The Bertz CT molecular complexity index is 545. The van der Waals surface area contributed by atoms with Crippen molar-refractivity contribution in [3.05, 3.63) is 35.9 Å². The molecule has 1 N–H and O–H groups in total. The van der Waals surface area contributed by atoms with Crippen molar-refractivity contribution in [1.29, 1.82) is 0 Å². The van der Waals surface area contributed by atoms with E-state index < -0.39 is 12.7 Å². The van der Waals surface area contributed by atoms with Crippen LogP contribution in [0.5, 0.6) is 0 Å². The number of alkyl halides is 3. The third-order valence-corrected chi connectivity index (χ3v) is 4.39. The van der Waals surface area contributed by atoms with Gasteiger partial charge in [-0.3, -0.25) is 9.89 Å². The molecule has 1 fully saturated rings. The lowest BCUT2D eigenvalue weighted by Crippen LogP contribution is -2.44. The Morgan fingerprint density at radius 1 is 1.32 bits per heavy atom. The number of hydrogen-bond acceptors (Lipinski definition) is 2. The van der Waals surface area contributed by atoms with Gasteiger partial charge in [-0.25, -0.2) is 0 Å². The lowest BCUT2D eigenvalue weighted by atomic mass is 9.99. The molecular weight excluding hydrogens is 329 g/mol. The zero-order valence-corrected chi connectivity index (χ0v) is 14.9. The highest BCUT2D eigenvalue weighted by Crippen LogP contribution is 2.21. The second-order valence-corrected chi connectivity index (χ2v) is 6.62. The van der Waals surface area contributed by atoms with Crippen molar-refractivity contribution in [1.82, 2.24) is 15.1 Å². The van der Waals surface area contributed by atoms with Gasteiger partial charge in [-0.15, -0.1) is 0 Å². The summed E-state index contributed by atoms with van der Waals surface area (Å²) >= 11 is 0. The van der Waals surface area contributed by atoms with Gasteiger partial charge in [-0.1, -0.05) is 30.3 Å². The predicted molar refractivity (Wildman–Crippen MR) is 94.7 cm³/mol. The number of benzene rings is 1. The first-order valence-corrected chi connectivity index (χ1v) is 8.62. The molecule has 1 saturated heterocycles. The number of likely N-dealkylation sites (N-methyl/N-ethyl adjacent to an activating group) is 1. The minimum absolute atomic E-state index is 0.319. The molecule has 1 aliphatic heterocycles. The van der Waals surface area contributed by atoms with Crippen LogP contribution in [-0.2, 0) is 6.42 Å². The molecule has 1 aliphatic rings. The Labute approximate surface area is 147 Å². The standard InChI is InChI=1S/C18H27F3N4/c1-22-17(23-9-11-24(2)14-18(19,20)21)25-10-8-16(13-25)12-15-6-4-3-5-7-15/h3-7,16H,8-14H2,1-2H3,(H,22,23). The highest BCUT2D eigenvalue weighted by molar-refractivity contribution is 5.80. The van der Waals surface area contributed by atoms with Crippen molar-refractivity contribution < 1.29 is 13.2 Å². The molecule has 25 heavy (non-hydrogen) atoms. The van der Waals surface area contributed by atoms with Gasteiger partial charge < -0.3 is 10.2 Å². The fourth-order valence-electron chi connectivity index (χ4n) is 3.22. The van der Waals surface area contributed by atoms with Gasteiger partial charge in [0.1, 0.15) is 0 Å². The average molecular weight is 356 g/mol. The number of aliphatic imine (C=N–C) groups is 1. The summed E-state index contributed by atoms with van der Waals surface area (Å²) in [6, 6.07) is 10.4. The molecule has 0 aromatic heterocycles. The molecule has 140 valence electrons. The summed E-state index contributed by atoms with van der Waals surface area (Å²) in [4.78, 5) is 7.73. The van der Waals surface area contributed by atoms with Crippen molar-refractivity contribution >= 4 is 5.96 Å². The predicted octanol–water partition coefficient (Wildman–Crippen LogP) is 2.62. The van der Waals surface area contributed by atoms with E-state index in [9.17, 15) is 13.2 Å². The molecule has 1 heterocycles. The van der Waals surface area contributed by atoms with E-state index in [1.54, 1.807) is 7.05 Å². The Morgan fingerprint density at radius 2 is 2.04 bits per heavy atom. The van der Waals surface area contributed by atoms with Gasteiger partial charge in [-0.05, 0) is 31.4 Å². The number of nitrogens with zero attached hydrogens (tertiary/aromatic N) is 3. The van der Waals surface area contributed by atoms with E-state index in [0.29, 0.717) is 19.0 Å².